The SMILES string of the molecule is O=C1CC2(C(=O)N(CC(=O)N3CCCC3)c3ccccc32)c2cnn(-c3ccccc3)c2N1. The molecule has 8 heteroatoms. The number of anilines is 2. The normalized spacial score (nSPS) is 21.3. The van der Waals surface area contributed by atoms with E-state index in [1.807, 2.05) is 59.5 Å². The molecule has 2 aromatic carbocycles. The fraction of sp³-hybridized carbons (Fsp3) is 0.280. The van der Waals surface area contributed by atoms with Gasteiger partial charge in [-0.25, -0.2) is 4.68 Å². The van der Waals surface area contributed by atoms with E-state index in [-0.39, 0.29) is 30.7 Å². The van der Waals surface area contributed by atoms with Crippen molar-refractivity contribution in [2.45, 2.75) is 24.7 Å². The molecule has 0 bridgehead atoms. The summed E-state index contributed by atoms with van der Waals surface area (Å²) in [6.07, 6.45) is 3.62. The third-order valence-electron chi connectivity index (χ3n) is 6.93. The molecule has 3 amide bonds. The van der Waals surface area contributed by atoms with Crippen molar-refractivity contribution in [3.05, 3.63) is 71.9 Å². The van der Waals surface area contributed by atoms with Gasteiger partial charge in [0.15, 0.2) is 0 Å². The average molecular weight is 441 g/mol. The van der Waals surface area contributed by atoms with Crippen LogP contribution in [0.4, 0.5) is 11.5 Å². The van der Waals surface area contributed by atoms with Gasteiger partial charge in [-0.05, 0) is 36.6 Å². The second-order valence-corrected chi connectivity index (χ2v) is 8.78. The van der Waals surface area contributed by atoms with E-state index in [9.17, 15) is 14.4 Å². The lowest BCUT2D eigenvalue weighted by Crippen LogP contribution is -2.49. The van der Waals surface area contributed by atoms with Crippen molar-refractivity contribution in [2.24, 2.45) is 0 Å². The molecule has 3 aliphatic rings. The Kier molecular flexibility index (Phi) is 4.36. The van der Waals surface area contributed by atoms with Gasteiger partial charge in [-0.15, -0.1) is 0 Å². The Bertz CT molecular complexity index is 1280. The third-order valence-corrected chi connectivity index (χ3v) is 6.93. The van der Waals surface area contributed by atoms with Crippen molar-refractivity contribution < 1.29 is 14.4 Å². The van der Waals surface area contributed by atoms with Crippen LogP contribution in [0.5, 0.6) is 0 Å². The summed E-state index contributed by atoms with van der Waals surface area (Å²) in [7, 11) is 0. The molecule has 6 rings (SSSR count). The Morgan fingerprint density at radius 3 is 2.48 bits per heavy atom. The van der Waals surface area contributed by atoms with Crippen LogP contribution in [-0.2, 0) is 19.8 Å². The number of carbonyl (C=O) groups is 3. The molecule has 1 saturated heterocycles. The number of hydrogen-bond donors (Lipinski definition) is 1. The Balaban J connectivity index is 1.48. The van der Waals surface area contributed by atoms with Gasteiger partial charge in [0, 0.05) is 30.8 Å². The molecule has 4 heterocycles. The average Bonchev–Trinajstić information content (AvgIpc) is 3.56. The minimum Gasteiger partial charge on any atom is -0.341 e. The number of nitrogens with zero attached hydrogens (tertiary/aromatic N) is 4. The van der Waals surface area contributed by atoms with Gasteiger partial charge in [-0.3, -0.25) is 14.4 Å². The molecule has 0 aliphatic carbocycles. The third kappa shape index (κ3) is 2.83. The van der Waals surface area contributed by atoms with Gasteiger partial charge < -0.3 is 15.1 Å². The molecule has 166 valence electrons. The van der Waals surface area contributed by atoms with Crippen LogP contribution in [-0.4, -0.2) is 52.0 Å². The maximum Gasteiger partial charge on any atom is 0.243 e. The highest BCUT2D eigenvalue weighted by Crippen LogP contribution is 2.52. The molecule has 1 unspecified atom stereocenters. The topological polar surface area (TPSA) is 87.5 Å². The largest absolute Gasteiger partial charge is 0.341 e. The molecule has 1 aromatic heterocycles. The highest BCUT2D eigenvalue weighted by atomic mass is 16.2. The van der Waals surface area contributed by atoms with Crippen LogP contribution in [0.15, 0.2) is 60.8 Å². The number of nitrogens with one attached hydrogen (secondary N) is 1. The van der Waals surface area contributed by atoms with E-state index in [1.165, 1.54) is 0 Å². The zero-order valence-corrected chi connectivity index (χ0v) is 18.0. The Morgan fingerprint density at radius 1 is 0.970 bits per heavy atom. The molecule has 0 saturated carbocycles. The smallest absolute Gasteiger partial charge is 0.243 e. The van der Waals surface area contributed by atoms with Gasteiger partial charge in [0.25, 0.3) is 0 Å². The lowest BCUT2D eigenvalue weighted by molar-refractivity contribution is -0.131. The number of fused-ring (bicyclic) bond motifs is 4. The molecule has 33 heavy (non-hydrogen) atoms. The minimum absolute atomic E-state index is 0.0231. The number of para-hydroxylation sites is 2. The molecule has 1 N–H and O–H groups in total. The summed E-state index contributed by atoms with van der Waals surface area (Å²) in [6, 6.07) is 17.0. The molecule has 0 radical (unpaired) electrons. The highest BCUT2D eigenvalue weighted by molar-refractivity contribution is 6.17. The van der Waals surface area contributed by atoms with Crippen molar-refractivity contribution in [2.75, 3.05) is 29.9 Å². The maximum atomic E-state index is 14.1. The first-order valence-electron chi connectivity index (χ1n) is 11.2. The number of rotatable bonds is 3. The molecule has 1 spiro atoms. The van der Waals surface area contributed by atoms with E-state index in [4.69, 9.17) is 0 Å². The number of carbonyl (C=O) groups excluding carboxylic acids is 3. The number of hydrogen-bond acceptors (Lipinski definition) is 4. The van der Waals surface area contributed by atoms with Gasteiger partial charge in [0.2, 0.25) is 17.7 Å². The van der Waals surface area contributed by atoms with Crippen molar-refractivity contribution >= 4 is 29.2 Å². The van der Waals surface area contributed by atoms with Crippen LogP contribution in [0, 0.1) is 0 Å². The van der Waals surface area contributed by atoms with Gasteiger partial charge in [0.1, 0.15) is 17.8 Å². The number of amides is 3. The summed E-state index contributed by atoms with van der Waals surface area (Å²) in [5.74, 6) is -0.0718. The van der Waals surface area contributed by atoms with Crippen molar-refractivity contribution in [3.8, 4) is 5.69 Å². The number of aromatic nitrogens is 2. The van der Waals surface area contributed by atoms with Crippen molar-refractivity contribution in [3.63, 3.8) is 0 Å². The quantitative estimate of drug-likeness (QED) is 0.677. The van der Waals surface area contributed by atoms with E-state index in [2.05, 4.69) is 10.4 Å². The van der Waals surface area contributed by atoms with Crippen LogP contribution in [0.1, 0.15) is 30.4 Å². The van der Waals surface area contributed by atoms with Gasteiger partial charge in [0.05, 0.1) is 11.9 Å². The second-order valence-electron chi connectivity index (χ2n) is 8.78. The zero-order chi connectivity index (χ0) is 22.6. The monoisotopic (exact) mass is 441 g/mol. The number of benzene rings is 2. The molecule has 3 aliphatic heterocycles. The fourth-order valence-electron chi connectivity index (χ4n) is 5.37. The summed E-state index contributed by atoms with van der Waals surface area (Å²) in [5.41, 5.74) is 1.67. The minimum atomic E-state index is -1.20. The summed E-state index contributed by atoms with van der Waals surface area (Å²) < 4.78 is 1.65. The van der Waals surface area contributed by atoms with Crippen LogP contribution < -0.4 is 10.2 Å². The lowest BCUT2D eigenvalue weighted by Gasteiger charge is -2.32. The second kappa shape index (κ2) is 7.30. The predicted molar refractivity (Wildman–Crippen MR) is 122 cm³/mol. The fourth-order valence-corrected chi connectivity index (χ4v) is 5.37. The standard InChI is InChI=1S/C25H23N5O3/c31-21-14-25(19-15-26-30(23(19)27-21)17-8-2-1-3-9-17)18-10-4-5-11-20(18)29(24(25)33)16-22(32)28-12-6-7-13-28/h1-5,8-11,15H,6-7,12-14,16H2,(H,27,31). The van der Waals surface area contributed by atoms with E-state index < -0.39 is 5.41 Å². The van der Waals surface area contributed by atoms with E-state index in [0.29, 0.717) is 17.1 Å². The van der Waals surface area contributed by atoms with Gasteiger partial charge >= 0.3 is 0 Å². The van der Waals surface area contributed by atoms with E-state index in [1.54, 1.807) is 15.8 Å². The highest BCUT2D eigenvalue weighted by Gasteiger charge is 2.57. The first-order chi connectivity index (χ1) is 16.1. The molecular weight excluding hydrogens is 418 g/mol. The first-order valence-corrected chi connectivity index (χ1v) is 11.2. The summed E-state index contributed by atoms with van der Waals surface area (Å²) in [4.78, 5) is 43.4. The maximum absolute atomic E-state index is 14.1. The van der Waals surface area contributed by atoms with Crippen molar-refractivity contribution in [1.29, 1.82) is 0 Å². The molecule has 1 fully saturated rings. The van der Waals surface area contributed by atoms with Crippen LogP contribution in [0.25, 0.3) is 5.69 Å². The van der Waals surface area contributed by atoms with E-state index >= 15 is 0 Å². The Hall–Kier alpha value is -3.94. The zero-order valence-electron chi connectivity index (χ0n) is 18.0. The summed E-state index contributed by atoms with van der Waals surface area (Å²) in [5, 5.41) is 7.46. The van der Waals surface area contributed by atoms with E-state index in [0.717, 1.165) is 37.2 Å². The van der Waals surface area contributed by atoms with Crippen LogP contribution >= 0.6 is 0 Å². The first kappa shape index (κ1) is 19.7. The number of likely N-dealkylation sites (tertiary alicyclic amines) is 1. The Morgan fingerprint density at radius 2 is 1.70 bits per heavy atom. The molecule has 8 nitrogen and oxygen atoms in total. The van der Waals surface area contributed by atoms with Gasteiger partial charge in [-0.2, -0.15) is 5.10 Å². The van der Waals surface area contributed by atoms with Gasteiger partial charge in [-0.1, -0.05) is 36.4 Å². The molecular formula is C25H23N5O3. The Labute approximate surface area is 190 Å². The molecule has 3 aromatic rings. The van der Waals surface area contributed by atoms with Crippen LogP contribution in [0.2, 0.25) is 0 Å². The lowest BCUT2D eigenvalue weighted by atomic mass is 9.72. The summed E-state index contributed by atoms with van der Waals surface area (Å²) >= 11 is 0. The van der Waals surface area contributed by atoms with Crippen LogP contribution in [0.3, 0.4) is 0 Å². The molecule has 1 atom stereocenters. The summed E-state index contributed by atoms with van der Waals surface area (Å²) in [6.45, 7) is 1.43. The van der Waals surface area contributed by atoms with Crippen molar-refractivity contribution in [1.82, 2.24) is 14.7 Å². The predicted octanol–water partition coefficient (Wildman–Crippen LogP) is 2.47.